The SMILES string of the molecule is CC(CC(=O)c1ccccc1)c1c[nH]c2ccc(OCc3ccccc3)cc12. The lowest BCUT2D eigenvalue weighted by Gasteiger charge is -2.11. The summed E-state index contributed by atoms with van der Waals surface area (Å²) in [6.45, 7) is 2.63. The molecule has 1 heterocycles. The Hall–Kier alpha value is -3.33. The number of hydrogen-bond donors (Lipinski definition) is 1. The highest BCUT2D eigenvalue weighted by Crippen LogP contribution is 2.31. The highest BCUT2D eigenvalue weighted by atomic mass is 16.5. The number of aromatic nitrogens is 1. The van der Waals surface area contributed by atoms with E-state index in [4.69, 9.17) is 4.74 Å². The first-order valence-corrected chi connectivity index (χ1v) is 9.57. The number of Topliss-reactive ketones (excluding diaryl/α,β-unsaturated/α-hetero) is 1. The zero-order chi connectivity index (χ0) is 19.3. The van der Waals surface area contributed by atoms with Gasteiger partial charge in [0.25, 0.3) is 0 Å². The fourth-order valence-electron chi connectivity index (χ4n) is 3.49. The van der Waals surface area contributed by atoms with Crippen LogP contribution in [-0.4, -0.2) is 10.8 Å². The zero-order valence-electron chi connectivity index (χ0n) is 15.9. The summed E-state index contributed by atoms with van der Waals surface area (Å²) in [5.41, 5.74) is 4.10. The minimum atomic E-state index is 0.117. The lowest BCUT2D eigenvalue weighted by molar-refractivity contribution is 0.0976. The van der Waals surface area contributed by atoms with Gasteiger partial charge < -0.3 is 9.72 Å². The van der Waals surface area contributed by atoms with Gasteiger partial charge in [0.1, 0.15) is 12.4 Å². The summed E-state index contributed by atoms with van der Waals surface area (Å²) in [6, 6.07) is 25.7. The quantitative estimate of drug-likeness (QED) is 0.399. The molecule has 0 saturated carbocycles. The third-order valence-electron chi connectivity index (χ3n) is 5.05. The van der Waals surface area contributed by atoms with E-state index in [0.717, 1.165) is 33.3 Å². The minimum absolute atomic E-state index is 0.117. The number of ether oxygens (including phenoxy) is 1. The van der Waals surface area contributed by atoms with Crippen LogP contribution in [0.2, 0.25) is 0 Å². The Balaban J connectivity index is 1.51. The first-order valence-electron chi connectivity index (χ1n) is 9.57. The number of hydrogen-bond acceptors (Lipinski definition) is 2. The molecule has 0 saturated heterocycles. The molecule has 4 aromatic rings. The summed E-state index contributed by atoms with van der Waals surface area (Å²) < 4.78 is 5.97. The van der Waals surface area contributed by atoms with Gasteiger partial charge in [-0.05, 0) is 35.2 Å². The van der Waals surface area contributed by atoms with Crippen LogP contribution in [-0.2, 0) is 6.61 Å². The molecule has 0 bridgehead atoms. The van der Waals surface area contributed by atoms with E-state index in [0.29, 0.717) is 13.0 Å². The number of nitrogens with one attached hydrogen (secondary N) is 1. The molecule has 1 atom stereocenters. The van der Waals surface area contributed by atoms with Crippen molar-refractivity contribution in [3.05, 3.63) is 102 Å². The van der Waals surface area contributed by atoms with Crippen LogP contribution in [0.15, 0.2) is 85.1 Å². The Morgan fingerprint density at radius 3 is 2.43 bits per heavy atom. The highest BCUT2D eigenvalue weighted by molar-refractivity contribution is 5.97. The second kappa shape index (κ2) is 8.13. The smallest absolute Gasteiger partial charge is 0.163 e. The summed E-state index contributed by atoms with van der Waals surface area (Å²) in [6.07, 6.45) is 2.49. The molecule has 0 radical (unpaired) electrons. The van der Waals surface area contributed by atoms with Crippen molar-refractivity contribution in [3.63, 3.8) is 0 Å². The van der Waals surface area contributed by atoms with Gasteiger partial charge in [0.2, 0.25) is 0 Å². The van der Waals surface area contributed by atoms with Crippen molar-refractivity contribution >= 4 is 16.7 Å². The van der Waals surface area contributed by atoms with Crippen molar-refractivity contribution in [3.8, 4) is 5.75 Å². The van der Waals surface area contributed by atoms with Crippen molar-refractivity contribution in [1.82, 2.24) is 4.98 Å². The van der Waals surface area contributed by atoms with Gasteiger partial charge in [-0.25, -0.2) is 0 Å². The van der Waals surface area contributed by atoms with Crippen LogP contribution in [0, 0.1) is 0 Å². The monoisotopic (exact) mass is 369 g/mol. The number of rotatable bonds is 7. The summed E-state index contributed by atoms with van der Waals surface area (Å²) in [7, 11) is 0. The molecular weight excluding hydrogens is 346 g/mol. The van der Waals surface area contributed by atoms with Gasteiger partial charge in [-0.15, -0.1) is 0 Å². The topological polar surface area (TPSA) is 42.1 Å². The second-order valence-corrected chi connectivity index (χ2v) is 7.12. The minimum Gasteiger partial charge on any atom is -0.489 e. The summed E-state index contributed by atoms with van der Waals surface area (Å²) in [4.78, 5) is 15.9. The maximum atomic E-state index is 12.6. The Morgan fingerprint density at radius 2 is 1.68 bits per heavy atom. The van der Waals surface area contributed by atoms with Crippen LogP contribution in [0.5, 0.6) is 5.75 Å². The molecule has 140 valence electrons. The number of aromatic amines is 1. The lowest BCUT2D eigenvalue weighted by atomic mass is 9.93. The molecule has 0 amide bonds. The molecule has 1 aromatic heterocycles. The Bertz CT molecular complexity index is 1070. The molecule has 28 heavy (non-hydrogen) atoms. The fraction of sp³-hybridized carbons (Fsp3) is 0.160. The number of fused-ring (bicyclic) bond motifs is 1. The maximum absolute atomic E-state index is 12.6. The average molecular weight is 369 g/mol. The van der Waals surface area contributed by atoms with Gasteiger partial charge in [-0.1, -0.05) is 67.6 Å². The van der Waals surface area contributed by atoms with Crippen molar-refractivity contribution in [2.45, 2.75) is 25.9 Å². The molecule has 1 unspecified atom stereocenters. The molecular formula is C25H23NO2. The molecule has 0 fully saturated rings. The molecule has 0 spiro atoms. The Morgan fingerprint density at radius 1 is 0.964 bits per heavy atom. The van der Waals surface area contributed by atoms with Crippen LogP contribution in [0.25, 0.3) is 10.9 Å². The third kappa shape index (κ3) is 3.99. The predicted octanol–water partition coefficient (Wildman–Crippen LogP) is 6.12. The summed E-state index contributed by atoms with van der Waals surface area (Å²) >= 11 is 0. The summed E-state index contributed by atoms with van der Waals surface area (Å²) in [5, 5.41) is 1.11. The van der Waals surface area contributed by atoms with Crippen LogP contribution >= 0.6 is 0 Å². The molecule has 3 nitrogen and oxygen atoms in total. The first-order chi connectivity index (χ1) is 13.7. The molecule has 3 heteroatoms. The highest BCUT2D eigenvalue weighted by Gasteiger charge is 2.16. The standard InChI is InChI=1S/C25H23NO2/c1-18(14-25(27)20-10-6-3-7-11-20)23-16-26-24-13-12-21(15-22(23)24)28-17-19-8-4-2-5-9-19/h2-13,15-16,18,26H,14,17H2,1H3. The molecule has 1 N–H and O–H groups in total. The number of carbonyl (C=O) groups excluding carboxylic acids is 1. The fourth-order valence-corrected chi connectivity index (χ4v) is 3.49. The van der Waals surface area contributed by atoms with Crippen molar-refractivity contribution in [1.29, 1.82) is 0 Å². The molecule has 4 rings (SSSR count). The van der Waals surface area contributed by atoms with Crippen LogP contribution in [0.4, 0.5) is 0 Å². The largest absolute Gasteiger partial charge is 0.489 e. The normalized spacial score (nSPS) is 12.0. The first kappa shape index (κ1) is 18.1. The van der Waals surface area contributed by atoms with E-state index in [1.807, 2.05) is 66.9 Å². The molecule has 0 aliphatic carbocycles. The van der Waals surface area contributed by atoms with Gasteiger partial charge in [-0.3, -0.25) is 4.79 Å². The lowest BCUT2D eigenvalue weighted by Crippen LogP contribution is -2.04. The van der Waals surface area contributed by atoms with E-state index >= 15 is 0 Å². The second-order valence-electron chi connectivity index (χ2n) is 7.12. The van der Waals surface area contributed by atoms with Gasteiger partial charge in [0, 0.05) is 29.1 Å². The van der Waals surface area contributed by atoms with Gasteiger partial charge in [0.15, 0.2) is 5.78 Å². The average Bonchev–Trinajstić information content (AvgIpc) is 3.17. The van der Waals surface area contributed by atoms with Crippen molar-refractivity contribution < 1.29 is 9.53 Å². The molecule has 3 aromatic carbocycles. The molecule has 0 aliphatic rings. The predicted molar refractivity (Wildman–Crippen MR) is 113 cm³/mol. The van der Waals surface area contributed by atoms with E-state index in [9.17, 15) is 4.79 Å². The number of benzene rings is 3. The van der Waals surface area contributed by atoms with Gasteiger partial charge >= 0.3 is 0 Å². The van der Waals surface area contributed by atoms with Gasteiger partial charge in [-0.2, -0.15) is 0 Å². The maximum Gasteiger partial charge on any atom is 0.163 e. The number of carbonyl (C=O) groups is 1. The van der Waals surface area contributed by atoms with Crippen LogP contribution < -0.4 is 4.74 Å². The Labute approximate surface area is 165 Å². The van der Waals surface area contributed by atoms with E-state index in [2.05, 4.69) is 30.1 Å². The Kier molecular flexibility index (Phi) is 5.24. The summed E-state index contributed by atoms with van der Waals surface area (Å²) in [5.74, 6) is 1.11. The van der Waals surface area contributed by atoms with E-state index in [-0.39, 0.29) is 11.7 Å². The molecule has 0 aliphatic heterocycles. The number of ketones is 1. The van der Waals surface area contributed by atoms with E-state index in [1.54, 1.807) is 0 Å². The van der Waals surface area contributed by atoms with E-state index < -0.39 is 0 Å². The van der Waals surface area contributed by atoms with Crippen LogP contribution in [0.1, 0.15) is 40.7 Å². The van der Waals surface area contributed by atoms with E-state index in [1.165, 1.54) is 0 Å². The van der Waals surface area contributed by atoms with Gasteiger partial charge in [0.05, 0.1) is 0 Å². The van der Waals surface area contributed by atoms with Crippen molar-refractivity contribution in [2.24, 2.45) is 0 Å². The van der Waals surface area contributed by atoms with Crippen LogP contribution in [0.3, 0.4) is 0 Å². The van der Waals surface area contributed by atoms with Crippen molar-refractivity contribution in [2.75, 3.05) is 0 Å². The zero-order valence-corrected chi connectivity index (χ0v) is 15.9. The third-order valence-corrected chi connectivity index (χ3v) is 5.05. The number of H-pyrrole nitrogens is 1.